The lowest BCUT2D eigenvalue weighted by Crippen LogP contribution is -2.54. The summed E-state index contributed by atoms with van der Waals surface area (Å²) in [6, 6.07) is 1.26. The van der Waals surface area contributed by atoms with Crippen molar-refractivity contribution >= 4 is 11.8 Å². The Morgan fingerprint density at radius 3 is 2.50 bits per heavy atom. The average Bonchev–Trinajstić information content (AvgIpc) is 3.01. The molecular formula is C15H25N3O2. The Hall–Kier alpha value is -1.10. The highest BCUT2D eigenvalue weighted by atomic mass is 16.2. The van der Waals surface area contributed by atoms with Gasteiger partial charge in [-0.05, 0) is 38.5 Å². The number of hydrogen-bond donors (Lipinski definition) is 2. The largest absolute Gasteiger partial charge is 0.344 e. The second-order valence-corrected chi connectivity index (χ2v) is 6.45. The minimum Gasteiger partial charge on any atom is -0.344 e. The first-order valence-electron chi connectivity index (χ1n) is 8.03. The van der Waals surface area contributed by atoms with E-state index in [1.54, 1.807) is 0 Å². The topological polar surface area (TPSA) is 61.4 Å². The highest BCUT2D eigenvalue weighted by Crippen LogP contribution is 2.30. The van der Waals surface area contributed by atoms with Crippen LogP contribution >= 0.6 is 0 Å². The number of rotatable bonds is 4. The van der Waals surface area contributed by atoms with Crippen molar-refractivity contribution in [1.82, 2.24) is 15.5 Å². The van der Waals surface area contributed by atoms with Crippen molar-refractivity contribution in [3.63, 3.8) is 0 Å². The van der Waals surface area contributed by atoms with Gasteiger partial charge in [-0.2, -0.15) is 0 Å². The van der Waals surface area contributed by atoms with E-state index >= 15 is 0 Å². The van der Waals surface area contributed by atoms with Crippen molar-refractivity contribution in [1.29, 1.82) is 0 Å². The van der Waals surface area contributed by atoms with E-state index in [2.05, 4.69) is 22.5 Å². The molecule has 2 amide bonds. The van der Waals surface area contributed by atoms with Crippen LogP contribution in [0.25, 0.3) is 0 Å². The van der Waals surface area contributed by atoms with Crippen LogP contribution in [0.2, 0.25) is 0 Å². The van der Waals surface area contributed by atoms with Gasteiger partial charge in [-0.15, -0.1) is 0 Å². The van der Waals surface area contributed by atoms with Crippen LogP contribution < -0.4 is 10.6 Å². The molecule has 0 aromatic rings. The highest BCUT2D eigenvalue weighted by molar-refractivity contribution is 5.91. The van der Waals surface area contributed by atoms with Gasteiger partial charge in [-0.3, -0.25) is 9.59 Å². The van der Waals surface area contributed by atoms with Crippen molar-refractivity contribution in [3.8, 4) is 0 Å². The monoisotopic (exact) mass is 279 g/mol. The number of carbonyl (C=O) groups is 2. The summed E-state index contributed by atoms with van der Waals surface area (Å²) in [5.74, 6) is 0.161. The predicted molar refractivity (Wildman–Crippen MR) is 76.1 cm³/mol. The smallest absolute Gasteiger partial charge is 0.245 e. The lowest BCUT2D eigenvalue weighted by molar-refractivity contribution is -0.137. The lowest BCUT2D eigenvalue weighted by atomic mass is 9.97. The van der Waals surface area contributed by atoms with E-state index in [1.165, 1.54) is 12.8 Å². The minimum absolute atomic E-state index is 0.0187. The van der Waals surface area contributed by atoms with Crippen LogP contribution in [0.3, 0.4) is 0 Å². The van der Waals surface area contributed by atoms with E-state index in [4.69, 9.17) is 0 Å². The minimum atomic E-state index is -0.276. The van der Waals surface area contributed by atoms with E-state index in [0.29, 0.717) is 31.0 Å². The Balaban J connectivity index is 1.68. The number of nitrogens with zero attached hydrogens (tertiary/aromatic N) is 1. The molecule has 3 aliphatic heterocycles. The van der Waals surface area contributed by atoms with Crippen molar-refractivity contribution in [2.24, 2.45) is 0 Å². The Kier molecular flexibility index (Phi) is 3.96. The molecule has 0 aliphatic carbocycles. The third-order valence-corrected chi connectivity index (χ3v) is 4.93. The number of amides is 2. The van der Waals surface area contributed by atoms with Gasteiger partial charge in [-0.1, -0.05) is 6.92 Å². The first-order chi connectivity index (χ1) is 9.67. The van der Waals surface area contributed by atoms with Crippen LogP contribution in [-0.2, 0) is 9.59 Å². The Labute approximate surface area is 120 Å². The molecule has 3 saturated heterocycles. The van der Waals surface area contributed by atoms with Crippen molar-refractivity contribution in [3.05, 3.63) is 0 Å². The van der Waals surface area contributed by atoms with Crippen LogP contribution in [0.5, 0.6) is 0 Å². The van der Waals surface area contributed by atoms with Gasteiger partial charge in [0, 0.05) is 31.1 Å². The summed E-state index contributed by atoms with van der Waals surface area (Å²) in [5, 5.41) is 6.45. The molecule has 3 rings (SSSR count). The quantitative estimate of drug-likeness (QED) is 0.800. The van der Waals surface area contributed by atoms with E-state index in [9.17, 15) is 9.59 Å². The number of carbonyl (C=O) groups excluding carboxylic acids is 2. The molecule has 20 heavy (non-hydrogen) atoms. The Morgan fingerprint density at radius 2 is 1.95 bits per heavy atom. The summed E-state index contributed by atoms with van der Waals surface area (Å²) in [7, 11) is 0. The molecule has 0 saturated carbocycles. The maximum absolute atomic E-state index is 12.7. The number of piperidine rings is 1. The Bertz CT molecular complexity index is 387. The first-order valence-corrected chi connectivity index (χ1v) is 8.03. The van der Waals surface area contributed by atoms with Gasteiger partial charge in [0.15, 0.2) is 0 Å². The third kappa shape index (κ3) is 2.68. The average molecular weight is 279 g/mol. The summed E-state index contributed by atoms with van der Waals surface area (Å²) in [4.78, 5) is 26.1. The standard InChI is InChI=1S/C15H25N3O2/c1-2-7-18(15(20)13-5-6-14(19)17-13)12-8-10-3-4-11(9-12)16-10/h10-13,16H,2-9H2,1H3,(H,17,19)/t10?,11?,12?,13-/m1/s1. The molecule has 3 atom stereocenters. The molecule has 0 radical (unpaired) electrons. The fourth-order valence-electron chi connectivity index (χ4n) is 3.99. The van der Waals surface area contributed by atoms with E-state index in [1.807, 2.05) is 0 Å². The second-order valence-electron chi connectivity index (χ2n) is 6.45. The zero-order chi connectivity index (χ0) is 14.1. The summed E-state index contributed by atoms with van der Waals surface area (Å²) < 4.78 is 0. The fourth-order valence-corrected chi connectivity index (χ4v) is 3.99. The van der Waals surface area contributed by atoms with Gasteiger partial charge >= 0.3 is 0 Å². The molecule has 5 nitrogen and oxygen atoms in total. The van der Waals surface area contributed by atoms with Gasteiger partial charge in [0.2, 0.25) is 11.8 Å². The summed E-state index contributed by atoms with van der Waals surface area (Å²) in [6.45, 7) is 2.93. The number of nitrogens with one attached hydrogen (secondary N) is 2. The number of fused-ring (bicyclic) bond motifs is 2. The van der Waals surface area contributed by atoms with Gasteiger partial charge in [-0.25, -0.2) is 0 Å². The SMILES string of the molecule is CCCN(C(=O)[C@H]1CCC(=O)N1)C1CC2CCC(C1)N2. The molecule has 5 heteroatoms. The van der Waals surface area contributed by atoms with Gasteiger partial charge < -0.3 is 15.5 Å². The molecule has 2 N–H and O–H groups in total. The molecule has 0 spiro atoms. The lowest BCUT2D eigenvalue weighted by Gasteiger charge is -2.38. The molecule has 0 aromatic heterocycles. The van der Waals surface area contributed by atoms with Crippen LogP contribution in [0, 0.1) is 0 Å². The van der Waals surface area contributed by atoms with Crippen molar-refractivity contribution in [2.75, 3.05) is 6.54 Å². The molecule has 3 fully saturated rings. The van der Waals surface area contributed by atoms with E-state index in [-0.39, 0.29) is 17.9 Å². The first kappa shape index (κ1) is 13.9. The van der Waals surface area contributed by atoms with Gasteiger partial charge in [0.1, 0.15) is 6.04 Å². The maximum atomic E-state index is 12.7. The van der Waals surface area contributed by atoms with Crippen LogP contribution in [-0.4, -0.2) is 47.4 Å². The molecular weight excluding hydrogens is 254 g/mol. The number of hydrogen-bond acceptors (Lipinski definition) is 3. The normalized spacial score (nSPS) is 36.0. The van der Waals surface area contributed by atoms with E-state index in [0.717, 1.165) is 25.8 Å². The Morgan fingerprint density at radius 1 is 1.25 bits per heavy atom. The summed E-state index contributed by atoms with van der Waals surface area (Å²) in [6.07, 6.45) is 6.77. The second kappa shape index (κ2) is 5.72. The third-order valence-electron chi connectivity index (χ3n) is 4.93. The van der Waals surface area contributed by atoms with Crippen LogP contribution in [0.15, 0.2) is 0 Å². The van der Waals surface area contributed by atoms with E-state index < -0.39 is 0 Å². The zero-order valence-electron chi connectivity index (χ0n) is 12.2. The predicted octanol–water partition coefficient (Wildman–Crippen LogP) is 0.787. The highest BCUT2D eigenvalue weighted by Gasteiger charge is 2.39. The molecule has 3 heterocycles. The molecule has 3 aliphatic rings. The summed E-state index contributed by atoms with van der Waals surface area (Å²) in [5.41, 5.74) is 0. The zero-order valence-corrected chi connectivity index (χ0v) is 12.2. The molecule has 0 aromatic carbocycles. The van der Waals surface area contributed by atoms with Crippen molar-refractivity contribution in [2.45, 2.75) is 76.0 Å². The molecule has 2 unspecified atom stereocenters. The summed E-state index contributed by atoms with van der Waals surface area (Å²) >= 11 is 0. The van der Waals surface area contributed by atoms with Gasteiger partial charge in [0.05, 0.1) is 0 Å². The van der Waals surface area contributed by atoms with Gasteiger partial charge in [0.25, 0.3) is 0 Å². The molecule has 2 bridgehead atoms. The fraction of sp³-hybridized carbons (Fsp3) is 0.867. The molecule has 112 valence electrons. The maximum Gasteiger partial charge on any atom is 0.245 e. The van der Waals surface area contributed by atoms with Crippen molar-refractivity contribution < 1.29 is 9.59 Å². The van der Waals surface area contributed by atoms with Crippen LogP contribution in [0.1, 0.15) is 51.9 Å². The van der Waals surface area contributed by atoms with Crippen LogP contribution in [0.4, 0.5) is 0 Å².